The zero-order chi connectivity index (χ0) is 15.1. The van der Waals surface area contributed by atoms with Crippen LogP contribution in [-0.4, -0.2) is 32.2 Å². The molecule has 0 aromatic carbocycles. The summed E-state index contributed by atoms with van der Waals surface area (Å²) in [6.07, 6.45) is 7.15. The second kappa shape index (κ2) is 5.17. The molecule has 112 valence electrons. The third-order valence-corrected chi connectivity index (χ3v) is 4.74. The quantitative estimate of drug-likeness (QED) is 0.784. The minimum Gasteiger partial charge on any atom is -0.443 e. The van der Waals surface area contributed by atoms with E-state index in [1.807, 2.05) is 13.1 Å². The van der Waals surface area contributed by atoms with Crippen LogP contribution in [0.1, 0.15) is 17.0 Å². The first kappa shape index (κ1) is 13.4. The molecule has 4 heterocycles. The minimum atomic E-state index is 0.839. The van der Waals surface area contributed by atoms with Crippen molar-refractivity contribution >= 4 is 33.5 Å². The lowest BCUT2D eigenvalue weighted by atomic mass is 10.2. The van der Waals surface area contributed by atoms with Crippen LogP contribution in [0.4, 0.5) is 5.82 Å². The molecule has 0 saturated heterocycles. The second-order valence-corrected chi connectivity index (χ2v) is 6.33. The SMILES string of the molecule is Cc1ncoc1C1=CN(c2ncnc3[nH]cc(C)c23)CCS1. The standard InChI is InChI=1S/C15H15N5OS/c1-9-5-16-14-12(9)15(18-7-17-14)20-3-4-22-11(6-20)13-10(2)19-8-21-13/h5-8H,3-4H2,1-2H3,(H,16,17,18). The van der Waals surface area contributed by atoms with E-state index >= 15 is 0 Å². The summed E-state index contributed by atoms with van der Waals surface area (Å²) in [6.45, 7) is 4.92. The van der Waals surface area contributed by atoms with Gasteiger partial charge in [0.15, 0.2) is 12.2 Å². The van der Waals surface area contributed by atoms with Crippen molar-refractivity contribution in [3.8, 4) is 0 Å². The summed E-state index contributed by atoms with van der Waals surface area (Å²) in [6, 6.07) is 0. The van der Waals surface area contributed by atoms with Gasteiger partial charge in [0.05, 0.1) is 16.0 Å². The third kappa shape index (κ3) is 2.09. The molecule has 22 heavy (non-hydrogen) atoms. The molecule has 3 aromatic heterocycles. The van der Waals surface area contributed by atoms with Crippen molar-refractivity contribution in [3.05, 3.63) is 42.1 Å². The molecule has 1 aliphatic rings. The Labute approximate surface area is 131 Å². The molecule has 7 heteroatoms. The van der Waals surface area contributed by atoms with Crippen LogP contribution >= 0.6 is 11.8 Å². The Hall–Kier alpha value is -2.28. The largest absolute Gasteiger partial charge is 0.443 e. The normalized spacial score (nSPS) is 15.4. The maximum absolute atomic E-state index is 5.52. The Bertz CT molecular complexity index is 866. The lowest BCUT2D eigenvalue weighted by molar-refractivity contribution is 0.546. The summed E-state index contributed by atoms with van der Waals surface area (Å²) in [5.41, 5.74) is 2.92. The third-order valence-electron chi connectivity index (χ3n) is 3.75. The lowest BCUT2D eigenvalue weighted by Gasteiger charge is -2.25. The molecule has 0 aliphatic carbocycles. The lowest BCUT2D eigenvalue weighted by Crippen LogP contribution is -2.24. The average molecular weight is 313 g/mol. The van der Waals surface area contributed by atoms with Gasteiger partial charge in [-0.2, -0.15) is 0 Å². The van der Waals surface area contributed by atoms with Crippen molar-refractivity contribution in [3.63, 3.8) is 0 Å². The molecule has 1 N–H and O–H groups in total. The summed E-state index contributed by atoms with van der Waals surface area (Å²) in [5, 5.41) is 1.07. The zero-order valence-electron chi connectivity index (χ0n) is 12.3. The first-order valence-electron chi connectivity index (χ1n) is 7.04. The van der Waals surface area contributed by atoms with Crippen molar-refractivity contribution in [1.29, 1.82) is 0 Å². The van der Waals surface area contributed by atoms with Gasteiger partial charge in [0.25, 0.3) is 0 Å². The summed E-state index contributed by atoms with van der Waals surface area (Å²) in [4.78, 5) is 19.4. The first-order valence-corrected chi connectivity index (χ1v) is 8.03. The number of aryl methyl sites for hydroxylation is 2. The maximum atomic E-state index is 5.52. The Kier molecular flexibility index (Phi) is 3.15. The van der Waals surface area contributed by atoms with E-state index in [0.29, 0.717) is 0 Å². The van der Waals surface area contributed by atoms with E-state index in [1.54, 1.807) is 18.1 Å². The van der Waals surface area contributed by atoms with E-state index in [2.05, 4.69) is 38.0 Å². The van der Waals surface area contributed by atoms with Gasteiger partial charge in [-0.3, -0.25) is 0 Å². The van der Waals surface area contributed by atoms with Gasteiger partial charge in [-0.1, -0.05) is 0 Å². The number of rotatable bonds is 2. The molecule has 0 atom stereocenters. The van der Waals surface area contributed by atoms with E-state index in [1.165, 1.54) is 6.39 Å². The molecule has 0 unspecified atom stereocenters. The first-order chi connectivity index (χ1) is 10.7. The highest BCUT2D eigenvalue weighted by molar-refractivity contribution is 8.08. The van der Waals surface area contributed by atoms with Gasteiger partial charge in [-0.05, 0) is 19.4 Å². The summed E-state index contributed by atoms with van der Waals surface area (Å²) in [7, 11) is 0. The van der Waals surface area contributed by atoms with E-state index in [4.69, 9.17) is 4.42 Å². The van der Waals surface area contributed by atoms with E-state index in [0.717, 1.165) is 51.1 Å². The number of H-pyrrole nitrogens is 1. The van der Waals surface area contributed by atoms with Crippen molar-refractivity contribution in [1.82, 2.24) is 19.9 Å². The molecule has 3 aromatic rings. The number of fused-ring (bicyclic) bond motifs is 1. The number of hydrogen-bond donors (Lipinski definition) is 1. The van der Waals surface area contributed by atoms with Crippen molar-refractivity contribution in [2.24, 2.45) is 0 Å². The van der Waals surface area contributed by atoms with Crippen LogP contribution in [0.25, 0.3) is 15.9 Å². The van der Waals surface area contributed by atoms with Gasteiger partial charge < -0.3 is 14.3 Å². The Morgan fingerprint density at radius 3 is 3.00 bits per heavy atom. The van der Waals surface area contributed by atoms with Crippen LogP contribution in [-0.2, 0) is 0 Å². The molecule has 0 radical (unpaired) electrons. The Balaban J connectivity index is 1.81. The van der Waals surface area contributed by atoms with Gasteiger partial charge in [0.1, 0.15) is 17.8 Å². The fraction of sp³-hybridized carbons (Fsp3) is 0.267. The molecule has 0 saturated carbocycles. The summed E-state index contributed by atoms with van der Waals surface area (Å²) < 4.78 is 5.52. The Morgan fingerprint density at radius 2 is 2.18 bits per heavy atom. The number of nitrogens with one attached hydrogen (secondary N) is 1. The monoisotopic (exact) mass is 313 g/mol. The van der Waals surface area contributed by atoms with Crippen molar-refractivity contribution in [2.45, 2.75) is 13.8 Å². The molecule has 4 rings (SSSR count). The summed E-state index contributed by atoms with van der Waals surface area (Å²) in [5.74, 6) is 2.74. The number of aromatic amines is 1. The van der Waals surface area contributed by atoms with Crippen LogP contribution in [0.2, 0.25) is 0 Å². The van der Waals surface area contributed by atoms with Crippen LogP contribution in [0, 0.1) is 13.8 Å². The van der Waals surface area contributed by atoms with Crippen molar-refractivity contribution < 1.29 is 4.42 Å². The number of nitrogens with zero attached hydrogens (tertiary/aromatic N) is 4. The fourth-order valence-electron chi connectivity index (χ4n) is 2.64. The number of oxazole rings is 1. The molecule has 0 amide bonds. The average Bonchev–Trinajstić information content (AvgIpc) is 3.14. The van der Waals surface area contributed by atoms with Crippen LogP contribution in [0.15, 0.2) is 29.5 Å². The molecular weight excluding hydrogens is 298 g/mol. The fourth-order valence-corrected chi connectivity index (χ4v) is 3.68. The number of thioether (sulfide) groups is 1. The van der Waals surface area contributed by atoms with Gasteiger partial charge in [-0.15, -0.1) is 11.8 Å². The number of anilines is 1. The highest BCUT2D eigenvalue weighted by atomic mass is 32.2. The molecule has 0 bridgehead atoms. The topological polar surface area (TPSA) is 70.8 Å². The van der Waals surface area contributed by atoms with E-state index in [9.17, 15) is 0 Å². The smallest absolute Gasteiger partial charge is 0.181 e. The van der Waals surface area contributed by atoms with Crippen molar-refractivity contribution in [2.75, 3.05) is 17.2 Å². The second-order valence-electron chi connectivity index (χ2n) is 5.19. The van der Waals surface area contributed by atoms with Gasteiger partial charge >= 0.3 is 0 Å². The van der Waals surface area contributed by atoms with Gasteiger partial charge in [0.2, 0.25) is 0 Å². The molecule has 0 fully saturated rings. The molecule has 1 aliphatic heterocycles. The molecular formula is C15H15N5OS. The van der Waals surface area contributed by atoms with Gasteiger partial charge in [-0.25, -0.2) is 15.0 Å². The summed E-state index contributed by atoms with van der Waals surface area (Å²) >= 11 is 1.78. The zero-order valence-corrected chi connectivity index (χ0v) is 13.1. The highest BCUT2D eigenvalue weighted by Crippen LogP contribution is 2.36. The molecule has 0 spiro atoms. The number of hydrogen-bond acceptors (Lipinski definition) is 6. The minimum absolute atomic E-state index is 0.839. The predicted octanol–water partition coefficient (Wildman–Crippen LogP) is 3.11. The molecule has 6 nitrogen and oxygen atoms in total. The highest BCUT2D eigenvalue weighted by Gasteiger charge is 2.21. The van der Waals surface area contributed by atoms with Crippen LogP contribution in [0.3, 0.4) is 0 Å². The van der Waals surface area contributed by atoms with E-state index in [-0.39, 0.29) is 0 Å². The predicted molar refractivity (Wildman–Crippen MR) is 87.6 cm³/mol. The van der Waals surface area contributed by atoms with Crippen LogP contribution in [0.5, 0.6) is 0 Å². The van der Waals surface area contributed by atoms with E-state index < -0.39 is 0 Å². The van der Waals surface area contributed by atoms with Crippen LogP contribution < -0.4 is 4.90 Å². The Morgan fingerprint density at radius 1 is 1.27 bits per heavy atom. The maximum Gasteiger partial charge on any atom is 0.181 e. The van der Waals surface area contributed by atoms with Gasteiger partial charge in [0, 0.05) is 24.7 Å². The number of aromatic nitrogens is 4.